The Morgan fingerprint density at radius 2 is 2.00 bits per heavy atom. The Morgan fingerprint density at radius 3 is 2.50 bits per heavy atom. The molecule has 4 nitrogen and oxygen atoms in total. The van der Waals surface area contributed by atoms with E-state index in [0.717, 1.165) is 11.8 Å². The maximum Gasteiger partial charge on any atom is 0.344 e. The predicted molar refractivity (Wildman–Crippen MR) is 67.9 cm³/mol. The van der Waals surface area contributed by atoms with Crippen molar-refractivity contribution in [1.29, 1.82) is 0 Å². The number of aldehydes is 1. The molecule has 0 spiro atoms. The predicted octanol–water partition coefficient (Wildman–Crippen LogP) is 2.53. The van der Waals surface area contributed by atoms with Gasteiger partial charge in [0.2, 0.25) is 0 Å². The summed E-state index contributed by atoms with van der Waals surface area (Å²) in [5, 5.41) is 0. The summed E-state index contributed by atoms with van der Waals surface area (Å²) in [5.41, 5.74) is 0.906. The second-order valence-electron chi connectivity index (χ2n) is 5.01. The summed E-state index contributed by atoms with van der Waals surface area (Å²) < 4.78 is 10.4. The fourth-order valence-corrected chi connectivity index (χ4v) is 1.38. The average molecular weight is 250 g/mol. The molecule has 1 rings (SSSR count). The highest BCUT2D eigenvalue weighted by molar-refractivity contribution is 5.77. The fraction of sp³-hybridized carbons (Fsp3) is 0.429. The van der Waals surface area contributed by atoms with Crippen LogP contribution < -0.4 is 4.74 Å². The van der Waals surface area contributed by atoms with E-state index in [1.54, 1.807) is 39.0 Å². The monoisotopic (exact) mass is 250 g/mol. The van der Waals surface area contributed by atoms with Crippen molar-refractivity contribution in [2.75, 3.05) is 6.61 Å². The number of benzene rings is 1. The van der Waals surface area contributed by atoms with E-state index in [1.165, 1.54) is 0 Å². The molecule has 0 aliphatic heterocycles. The highest BCUT2D eigenvalue weighted by Gasteiger charge is 2.16. The van der Waals surface area contributed by atoms with E-state index in [-0.39, 0.29) is 6.61 Å². The van der Waals surface area contributed by atoms with Gasteiger partial charge in [-0.1, -0.05) is 0 Å². The molecule has 0 N–H and O–H groups in total. The molecule has 0 aliphatic carbocycles. The lowest BCUT2D eigenvalue weighted by Gasteiger charge is -2.19. The van der Waals surface area contributed by atoms with Crippen LogP contribution in [0.5, 0.6) is 5.75 Å². The van der Waals surface area contributed by atoms with Gasteiger partial charge in [0, 0.05) is 5.56 Å². The number of rotatable bonds is 4. The van der Waals surface area contributed by atoms with Crippen molar-refractivity contribution in [2.24, 2.45) is 0 Å². The van der Waals surface area contributed by atoms with Crippen LogP contribution in [0.15, 0.2) is 18.2 Å². The first-order chi connectivity index (χ1) is 8.31. The largest absolute Gasteiger partial charge is 0.482 e. The number of ether oxygens (including phenoxy) is 2. The van der Waals surface area contributed by atoms with E-state index in [0.29, 0.717) is 11.3 Å². The average Bonchev–Trinajstić information content (AvgIpc) is 2.24. The summed E-state index contributed by atoms with van der Waals surface area (Å²) in [6.07, 6.45) is 0.785. The Labute approximate surface area is 107 Å². The molecule has 98 valence electrons. The van der Waals surface area contributed by atoms with Gasteiger partial charge in [-0.3, -0.25) is 4.79 Å². The zero-order valence-corrected chi connectivity index (χ0v) is 11.1. The third kappa shape index (κ3) is 4.57. The first-order valence-electron chi connectivity index (χ1n) is 5.72. The van der Waals surface area contributed by atoms with Crippen molar-refractivity contribution < 1.29 is 19.1 Å². The first kappa shape index (κ1) is 14.2. The maximum absolute atomic E-state index is 11.4. The molecule has 0 atom stereocenters. The van der Waals surface area contributed by atoms with Crippen LogP contribution in [0.2, 0.25) is 0 Å². The SMILES string of the molecule is Cc1cc(OCC(=O)OC(C)(C)C)ccc1C=O. The van der Waals surface area contributed by atoms with Crippen molar-refractivity contribution in [3.8, 4) is 5.75 Å². The van der Waals surface area contributed by atoms with Crippen molar-refractivity contribution >= 4 is 12.3 Å². The van der Waals surface area contributed by atoms with Gasteiger partial charge in [-0.2, -0.15) is 0 Å². The zero-order chi connectivity index (χ0) is 13.8. The molecule has 4 heteroatoms. The highest BCUT2D eigenvalue weighted by atomic mass is 16.6. The minimum atomic E-state index is -0.516. The number of hydrogen-bond acceptors (Lipinski definition) is 4. The van der Waals surface area contributed by atoms with Gasteiger partial charge in [-0.15, -0.1) is 0 Å². The van der Waals surface area contributed by atoms with Crippen LogP contribution in [0.25, 0.3) is 0 Å². The Kier molecular flexibility index (Phi) is 4.48. The van der Waals surface area contributed by atoms with Gasteiger partial charge in [0.05, 0.1) is 0 Å². The molecule has 0 unspecified atom stereocenters. The van der Waals surface area contributed by atoms with E-state index < -0.39 is 11.6 Å². The number of carbonyl (C=O) groups excluding carboxylic acids is 2. The Morgan fingerprint density at radius 1 is 1.33 bits per heavy atom. The minimum Gasteiger partial charge on any atom is -0.482 e. The topological polar surface area (TPSA) is 52.6 Å². The smallest absolute Gasteiger partial charge is 0.344 e. The standard InChI is InChI=1S/C14H18O4/c1-10-7-12(6-5-11(10)8-15)17-9-13(16)18-14(2,3)4/h5-8H,9H2,1-4H3. The third-order valence-corrected chi connectivity index (χ3v) is 2.14. The Bertz CT molecular complexity index is 444. The summed E-state index contributed by atoms with van der Waals surface area (Å²) in [6, 6.07) is 5.03. The van der Waals surface area contributed by atoms with E-state index in [2.05, 4.69) is 0 Å². The van der Waals surface area contributed by atoms with E-state index in [4.69, 9.17) is 9.47 Å². The van der Waals surface area contributed by atoms with Crippen molar-refractivity contribution in [1.82, 2.24) is 0 Å². The van der Waals surface area contributed by atoms with E-state index >= 15 is 0 Å². The van der Waals surface area contributed by atoms with Crippen LogP contribution in [0.1, 0.15) is 36.7 Å². The van der Waals surface area contributed by atoms with Crippen molar-refractivity contribution in [3.63, 3.8) is 0 Å². The molecule has 1 aromatic rings. The Balaban J connectivity index is 2.56. The molecule has 0 heterocycles. The minimum absolute atomic E-state index is 0.142. The van der Waals surface area contributed by atoms with E-state index in [9.17, 15) is 9.59 Å². The van der Waals surface area contributed by atoms with Crippen LogP contribution in [0, 0.1) is 6.92 Å². The second kappa shape index (κ2) is 5.67. The molecule has 0 aliphatic rings. The summed E-state index contributed by atoms with van der Waals surface area (Å²) in [4.78, 5) is 22.1. The van der Waals surface area contributed by atoms with Crippen LogP contribution in [0.3, 0.4) is 0 Å². The Hall–Kier alpha value is -1.84. The second-order valence-corrected chi connectivity index (χ2v) is 5.01. The molecule has 0 bridgehead atoms. The van der Waals surface area contributed by atoms with E-state index in [1.807, 2.05) is 6.92 Å². The first-order valence-corrected chi connectivity index (χ1v) is 5.72. The third-order valence-electron chi connectivity index (χ3n) is 2.14. The number of esters is 1. The molecule has 0 saturated heterocycles. The van der Waals surface area contributed by atoms with Gasteiger partial charge in [0.15, 0.2) is 6.61 Å². The van der Waals surface area contributed by atoms with Gasteiger partial charge < -0.3 is 9.47 Å². The lowest BCUT2D eigenvalue weighted by atomic mass is 10.1. The molecular weight excluding hydrogens is 232 g/mol. The molecule has 1 aromatic carbocycles. The van der Waals surface area contributed by atoms with Gasteiger partial charge in [-0.25, -0.2) is 4.79 Å². The summed E-state index contributed by atoms with van der Waals surface area (Å²) >= 11 is 0. The summed E-state index contributed by atoms with van der Waals surface area (Å²) in [7, 11) is 0. The fourth-order valence-electron chi connectivity index (χ4n) is 1.38. The summed E-state index contributed by atoms with van der Waals surface area (Å²) in [6.45, 7) is 7.07. The molecule has 0 fully saturated rings. The van der Waals surface area contributed by atoms with Gasteiger partial charge in [-0.05, 0) is 51.5 Å². The number of hydrogen-bond donors (Lipinski definition) is 0. The normalized spacial score (nSPS) is 10.9. The zero-order valence-electron chi connectivity index (χ0n) is 11.1. The molecule has 0 amide bonds. The maximum atomic E-state index is 11.4. The molecule has 0 radical (unpaired) electrons. The quantitative estimate of drug-likeness (QED) is 0.608. The molecule has 0 aromatic heterocycles. The highest BCUT2D eigenvalue weighted by Crippen LogP contribution is 2.16. The molecular formula is C14H18O4. The van der Waals surface area contributed by atoms with Crippen LogP contribution in [-0.4, -0.2) is 24.5 Å². The van der Waals surface area contributed by atoms with Crippen LogP contribution in [-0.2, 0) is 9.53 Å². The number of aryl methyl sites for hydroxylation is 1. The van der Waals surface area contributed by atoms with Gasteiger partial charge >= 0.3 is 5.97 Å². The number of carbonyl (C=O) groups is 2. The molecule has 18 heavy (non-hydrogen) atoms. The lowest BCUT2D eigenvalue weighted by Crippen LogP contribution is -2.27. The summed E-state index contributed by atoms with van der Waals surface area (Å²) in [5.74, 6) is 0.128. The lowest BCUT2D eigenvalue weighted by molar-refractivity contribution is -0.157. The van der Waals surface area contributed by atoms with Gasteiger partial charge in [0.25, 0.3) is 0 Å². The van der Waals surface area contributed by atoms with Crippen molar-refractivity contribution in [3.05, 3.63) is 29.3 Å². The van der Waals surface area contributed by atoms with Crippen molar-refractivity contribution in [2.45, 2.75) is 33.3 Å². The molecule has 0 saturated carbocycles. The van der Waals surface area contributed by atoms with Crippen LogP contribution in [0.4, 0.5) is 0 Å². The van der Waals surface area contributed by atoms with Gasteiger partial charge in [0.1, 0.15) is 17.6 Å². The van der Waals surface area contributed by atoms with Crippen LogP contribution >= 0.6 is 0 Å².